The highest BCUT2D eigenvalue weighted by molar-refractivity contribution is 5.82. The molecule has 1 fully saturated rings. The number of amides is 1. The summed E-state index contributed by atoms with van der Waals surface area (Å²) in [6.45, 7) is 0.573. The third kappa shape index (κ3) is 4.06. The van der Waals surface area contributed by atoms with Gasteiger partial charge in [0.2, 0.25) is 0 Å². The molecule has 0 saturated carbocycles. The predicted octanol–water partition coefficient (Wildman–Crippen LogP) is 2.97. The molecule has 2 unspecified atom stereocenters. The molecule has 1 heterocycles. The summed E-state index contributed by atoms with van der Waals surface area (Å²) in [4.78, 5) is 14.3. The van der Waals surface area contributed by atoms with E-state index in [1.54, 1.807) is 41.3 Å². The van der Waals surface area contributed by atoms with Gasteiger partial charge in [-0.2, -0.15) is 0 Å². The van der Waals surface area contributed by atoms with Crippen LogP contribution in [0.5, 0.6) is 0 Å². The highest BCUT2D eigenvalue weighted by Gasteiger charge is 2.34. The maximum absolute atomic E-state index is 13.0. The molecular formula is C20H22FNO3. The molecule has 0 spiro atoms. The number of nitrogens with zero attached hydrogens (tertiary/aromatic N) is 1. The predicted molar refractivity (Wildman–Crippen MR) is 92.1 cm³/mol. The fraction of sp³-hybridized carbons (Fsp3) is 0.350. The summed E-state index contributed by atoms with van der Waals surface area (Å²) in [5.74, 6) is -0.681. The normalized spacial score (nSPS) is 19.6. The Balaban J connectivity index is 1.67. The zero-order valence-corrected chi connectivity index (χ0v) is 13.9. The fourth-order valence-electron chi connectivity index (χ4n) is 3.38. The van der Waals surface area contributed by atoms with Crippen LogP contribution in [0.4, 0.5) is 4.39 Å². The number of benzene rings is 2. The molecule has 5 heteroatoms. The molecule has 0 radical (unpaired) electrons. The van der Waals surface area contributed by atoms with Crippen LogP contribution in [0.3, 0.4) is 0 Å². The Labute approximate surface area is 146 Å². The highest BCUT2D eigenvalue weighted by Crippen LogP contribution is 2.30. The topological polar surface area (TPSA) is 60.8 Å². The quantitative estimate of drug-likeness (QED) is 0.877. The summed E-state index contributed by atoms with van der Waals surface area (Å²) in [5.41, 5.74) is 1.20. The molecule has 1 aliphatic heterocycles. The van der Waals surface area contributed by atoms with Crippen LogP contribution < -0.4 is 0 Å². The Morgan fingerprint density at radius 3 is 2.44 bits per heavy atom. The average molecular weight is 343 g/mol. The van der Waals surface area contributed by atoms with Crippen molar-refractivity contribution in [1.29, 1.82) is 0 Å². The smallest absolute Gasteiger partial charge is 0.256 e. The number of halogens is 1. The third-order valence-electron chi connectivity index (χ3n) is 4.76. The van der Waals surface area contributed by atoms with Crippen molar-refractivity contribution in [2.24, 2.45) is 0 Å². The maximum atomic E-state index is 13.0. The van der Waals surface area contributed by atoms with Crippen LogP contribution in [-0.2, 0) is 4.79 Å². The van der Waals surface area contributed by atoms with E-state index >= 15 is 0 Å². The first-order chi connectivity index (χ1) is 12.1. The molecule has 132 valence electrons. The average Bonchev–Trinajstić information content (AvgIpc) is 3.09. The second-order valence-electron chi connectivity index (χ2n) is 6.44. The van der Waals surface area contributed by atoms with Crippen LogP contribution in [-0.4, -0.2) is 33.6 Å². The first kappa shape index (κ1) is 17.6. The summed E-state index contributed by atoms with van der Waals surface area (Å²) >= 11 is 0. The van der Waals surface area contributed by atoms with Crippen LogP contribution in [0.15, 0.2) is 54.6 Å². The van der Waals surface area contributed by atoms with Gasteiger partial charge in [-0.3, -0.25) is 4.79 Å². The summed E-state index contributed by atoms with van der Waals surface area (Å²) in [6.07, 6.45) is 0.0379. The molecule has 0 aliphatic carbocycles. The number of rotatable bonds is 5. The second kappa shape index (κ2) is 7.76. The van der Waals surface area contributed by atoms with Crippen LogP contribution in [0.1, 0.15) is 42.6 Å². The van der Waals surface area contributed by atoms with Gasteiger partial charge in [0.25, 0.3) is 5.91 Å². The molecule has 25 heavy (non-hydrogen) atoms. The van der Waals surface area contributed by atoms with Gasteiger partial charge in [-0.15, -0.1) is 0 Å². The van der Waals surface area contributed by atoms with E-state index in [0.717, 1.165) is 12.8 Å². The lowest BCUT2D eigenvalue weighted by atomic mass is 10.00. The lowest BCUT2D eigenvalue weighted by Gasteiger charge is -2.28. The second-order valence-corrected chi connectivity index (χ2v) is 6.44. The van der Waals surface area contributed by atoms with Gasteiger partial charge in [0.15, 0.2) is 6.10 Å². The number of aliphatic hydroxyl groups is 2. The highest BCUT2D eigenvalue weighted by atomic mass is 19.1. The summed E-state index contributed by atoms with van der Waals surface area (Å²) in [5, 5.41) is 20.8. The minimum atomic E-state index is -1.19. The van der Waals surface area contributed by atoms with E-state index in [4.69, 9.17) is 0 Å². The van der Waals surface area contributed by atoms with Crippen LogP contribution >= 0.6 is 0 Å². The Hall–Kier alpha value is -2.24. The molecular weight excluding hydrogens is 321 g/mol. The Morgan fingerprint density at radius 1 is 1.08 bits per heavy atom. The lowest BCUT2D eigenvalue weighted by molar-refractivity contribution is -0.141. The van der Waals surface area contributed by atoms with Crippen molar-refractivity contribution in [2.45, 2.75) is 37.5 Å². The first-order valence-corrected chi connectivity index (χ1v) is 8.53. The number of hydrogen-bond donors (Lipinski definition) is 2. The molecule has 3 atom stereocenters. The fourth-order valence-corrected chi connectivity index (χ4v) is 3.38. The van der Waals surface area contributed by atoms with Gasteiger partial charge in [0.05, 0.1) is 6.10 Å². The van der Waals surface area contributed by atoms with Gasteiger partial charge in [0.1, 0.15) is 5.82 Å². The number of aliphatic hydroxyl groups excluding tert-OH is 2. The molecule has 4 nitrogen and oxygen atoms in total. The molecule has 0 bridgehead atoms. The zero-order chi connectivity index (χ0) is 17.8. The van der Waals surface area contributed by atoms with Gasteiger partial charge >= 0.3 is 0 Å². The summed E-state index contributed by atoms with van der Waals surface area (Å²) in [7, 11) is 0. The van der Waals surface area contributed by atoms with Crippen LogP contribution in [0.25, 0.3) is 0 Å². The van der Waals surface area contributed by atoms with Crippen molar-refractivity contribution in [3.63, 3.8) is 0 Å². The zero-order valence-electron chi connectivity index (χ0n) is 13.9. The standard InChI is InChI=1S/C20H22FNO3/c21-16-10-8-14(9-11-16)18(23)13-17-7-4-12-22(17)20(25)19(24)15-5-2-1-3-6-15/h1-3,5-6,8-11,17-19,23-24H,4,7,12-13H2/t17?,18?,19-/m1/s1. The van der Waals surface area contributed by atoms with Crippen molar-refractivity contribution in [1.82, 2.24) is 4.90 Å². The summed E-state index contributed by atoms with van der Waals surface area (Å²) in [6, 6.07) is 14.5. The molecule has 2 aromatic carbocycles. The summed E-state index contributed by atoms with van der Waals surface area (Å²) < 4.78 is 13.0. The monoisotopic (exact) mass is 343 g/mol. The van der Waals surface area contributed by atoms with E-state index in [9.17, 15) is 19.4 Å². The van der Waals surface area contributed by atoms with Gasteiger partial charge in [-0.25, -0.2) is 4.39 Å². The van der Waals surface area contributed by atoms with Crippen LogP contribution in [0, 0.1) is 5.82 Å². The largest absolute Gasteiger partial charge is 0.388 e. The lowest BCUT2D eigenvalue weighted by Crippen LogP contribution is -2.39. The molecule has 3 rings (SSSR count). The first-order valence-electron chi connectivity index (χ1n) is 8.53. The van der Waals surface area contributed by atoms with E-state index in [-0.39, 0.29) is 17.8 Å². The van der Waals surface area contributed by atoms with Crippen molar-refractivity contribution >= 4 is 5.91 Å². The minimum Gasteiger partial charge on any atom is -0.388 e. The Kier molecular flexibility index (Phi) is 5.46. The van der Waals surface area contributed by atoms with E-state index < -0.39 is 12.2 Å². The van der Waals surface area contributed by atoms with Crippen molar-refractivity contribution in [2.75, 3.05) is 6.54 Å². The Morgan fingerprint density at radius 2 is 1.76 bits per heavy atom. The van der Waals surface area contributed by atoms with Gasteiger partial charge in [0, 0.05) is 12.6 Å². The van der Waals surface area contributed by atoms with E-state index in [1.165, 1.54) is 12.1 Å². The third-order valence-corrected chi connectivity index (χ3v) is 4.76. The molecule has 0 aromatic heterocycles. The van der Waals surface area contributed by atoms with Crippen LogP contribution in [0.2, 0.25) is 0 Å². The maximum Gasteiger partial charge on any atom is 0.256 e. The SMILES string of the molecule is O=C([C@H](O)c1ccccc1)N1CCCC1CC(O)c1ccc(F)cc1. The number of hydrogen-bond acceptors (Lipinski definition) is 3. The van der Waals surface area contributed by atoms with E-state index in [2.05, 4.69) is 0 Å². The minimum absolute atomic E-state index is 0.133. The van der Waals surface area contributed by atoms with Crippen molar-refractivity contribution < 1.29 is 19.4 Å². The van der Waals surface area contributed by atoms with Crippen molar-refractivity contribution in [3.8, 4) is 0 Å². The molecule has 1 amide bonds. The van der Waals surface area contributed by atoms with E-state index in [1.807, 2.05) is 6.07 Å². The van der Waals surface area contributed by atoms with Crippen molar-refractivity contribution in [3.05, 3.63) is 71.5 Å². The number of likely N-dealkylation sites (tertiary alicyclic amines) is 1. The van der Waals surface area contributed by atoms with Gasteiger partial charge < -0.3 is 15.1 Å². The Bertz CT molecular complexity index is 705. The number of carbonyl (C=O) groups excluding carboxylic acids is 1. The van der Waals surface area contributed by atoms with Gasteiger partial charge in [-0.05, 0) is 42.5 Å². The molecule has 1 saturated heterocycles. The molecule has 1 aliphatic rings. The molecule has 2 N–H and O–H groups in total. The van der Waals surface area contributed by atoms with E-state index in [0.29, 0.717) is 24.1 Å². The number of carbonyl (C=O) groups is 1. The molecule has 2 aromatic rings. The van der Waals surface area contributed by atoms with Gasteiger partial charge in [-0.1, -0.05) is 42.5 Å².